The maximum absolute atomic E-state index is 12.8. The van der Waals surface area contributed by atoms with E-state index in [1.54, 1.807) is 45.0 Å². The Hall–Kier alpha value is -2.77. The van der Waals surface area contributed by atoms with E-state index in [2.05, 4.69) is 10.6 Å². The van der Waals surface area contributed by atoms with Crippen molar-refractivity contribution in [2.75, 3.05) is 24.5 Å². The minimum absolute atomic E-state index is 0.0802. The van der Waals surface area contributed by atoms with Gasteiger partial charge in [0.25, 0.3) is 5.91 Å². The molecule has 0 saturated carbocycles. The SMILES string of the molecule is CCCNC(=O)[C@H]1CN(C(=O)CCNC(=O)OC(C)(C)C)c2ccccc2O1. The first-order valence-electron chi connectivity index (χ1n) is 9.52. The Morgan fingerprint density at radius 1 is 1.18 bits per heavy atom. The Bertz CT molecular complexity index is 714. The van der Waals surface area contributed by atoms with Crippen LogP contribution in [0.1, 0.15) is 40.5 Å². The molecule has 0 bridgehead atoms. The zero-order valence-electron chi connectivity index (χ0n) is 16.9. The third-order valence-corrected chi connectivity index (χ3v) is 3.92. The number of fused-ring (bicyclic) bond motifs is 1. The van der Waals surface area contributed by atoms with Crippen LogP contribution in [0, 0.1) is 0 Å². The third kappa shape index (κ3) is 6.14. The van der Waals surface area contributed by atoms with Gasteiger partial charge in [-0.2, -0.15) is 0 Å². The van der Waals surface area contributed by atoms with Gasteiger partial charge in [-0.05, 0) is 39.3 Å². The van der Waals surface area contributed by atoms with Crippen molar-refractivity contribution in [2.24, 2.45) is 0 Å². The molecule has 1 aliphatic heterocycles. The molecule has 28 heavy (non-hydrogen) atoms. The van der Waals surface area contributed by atoms with Gasteiger partial charge in [0.15, 0.2) is 6.10 Å². The standard InChI is InChI=1S/C20H29N3O5/c1-5-11-21-18(25)16-13-23(14-8-6-7-9-15(14)27-16)17(24)10-12-22-19(26)28-20(2,3)4/h6-9,16H,5,10-13H2,1-4H3,(H,21,25)(H,22,26)/t16-/m1/s1. The Kier molecular flexibility index (Phi) is 7.25. The zero-order valence-corrected chi connectivity index (χ0v) is 16.9. The monoisotopic (exact) mass is 391 g/mol. The summed E-state index contributed by atoms with van der Waals surface area (Å²) < 4.78 is 10.9. The van der Waals surface area contributed by atoms with Crippen molar-refractivity contribution < 1.29 is 23.9 Å². The summed E-state index contributed by atoms with van der Waals surface area (Å²) in [6, 6.07) is 7.10. The lowest BCUT2D eigenvalue weighted by molar-refractivity contribution is -0.128. The summed E-state index contributed by atoms with van der Waals surface area (Å²) in [6.45, 7) is 8.08. The highest BCUT2D eigenvalue weighted by molar-refractivity contribution is 5.97. The fraction of sp³-hybridized carbons (Fsp3) is 0.550. The summed E-state index contributed by atoms with van der Waals surface area (Å²) in [5, 5.41) is 5.37. The van der Waals surface area contributed by atoms with Gasteiger partial charge < -0.3 is 25.0 Å². The van der Waals surface area contributed by atoms with Crippen LogP contribution in [0.5, 0.6) is 5.75 Å². The number of anilines is 1. The van der Waals surface area contributed by atoms with Crippen LogP contribution in [0.2, 0.25) is 0 Å². The van der Waals surface area contributed by atoms with E-state index in [1.807, 2.05) is 6.92 Å². The minimum atomic E-state index is -0.774. The van der Waals surface area contributed by atoms with Gasteiger partial charge in [0, 0.05) is 19.5 Å². The molecule has 0 spiro atoms. The van der Waals surface area contributed by atoms with Gasteiger partial charge >= 0.3 is 6.09 Å². The highest BCUT2D eigenvalue weighted by Crippen LogP contribution is 2.33. The molecule has 1 atom stereocenters. The molecule has 0 unspecified atom stereocenters. The average molecular weight is 391 g/mol. The van der Waals surface area contributed by atoms with Crippen LogP contribution in [0.3, 0.4) is 0 Å². The van der Waals surface area contributed by atoms with Crippen molar-refractivity contribution in [3.63, 3.8) is 0 Å². The van der Waals surface area contributed by atoms with E-state index in [0.717, 1.165) is 6.42 Å². The second-order valence-electron chi connectivity index (χ2n) is 7.55. The van der Waals surface area contributed by atoms with E-state index < -0.39 is 17.8 Å². The number of carbonyl (C=O) groups is 3. The van der Waals surface area contributed by atoms with Gasteiger partial charge in [0.05, 0.1) is 12.2 Å². The Labute approximate surface area is 165 Å². The van der Waals surface area contributed by atoms with Crippen LogP contribution < -0.4 is 20.3 Å². The second kappa shape index (κ2) is 9.43. The first kappa shape index (κ1) is 21.5. The van der Waals surface area contributed by atoms with Gasteiger partial charge in [-0.3, -0.25) is 9.59 Å². The van der Waals surface area contributed by atoms with Crippen LogP contribution in [0.25, 0.3) is 0 Å². The normalized spacial score (nSPS) is 15.9. The molecule has 8 heteroatoms. The van der Waals surface area contributed by atoms with Crippen molar-refractivity contribution in [1.29, 1.82) is 0 Å². The van der Waals surface area contributed by atoms with Crippen LogP contribution in [-0.2, 0) is 14.3 Å². The van der Waals surface area contributed by atoms with Crippen LogP contribution in [-0.4, -0.2) is 49.2 Å². The molecule has 1 heterocycles. The first-order valence-corrected chi connectivity index (χ1v) is 9.52. The van der Waals surface area contributed by atoms with E-state index in [1.165, 1.54) is 4.90 Å². The molecular formula is C20H29N3O5. The fourth-order valence-corrected chi connectivity index (χ4v) is 2.69. The topological polar surface area (TPSA) is 97.0 Å². The number of nitrogens with one attached hydrogen (secondary N) is 2. The molecule has 0 aromatic heterocycles. The number of nitrogens with zero attached hydrogens (tertiary/aromatic N) is 1. The predicted octanol–water partition coefficient (Wildman–Crippen LogP) is 2.22. The van der Waals surface area contributed by atoms with Crippen molar-refractivity contribution in [3.05, 3.63) is 24.3 Å². The fourth-order valence-electron chi connectivity index (χ4n) is 2.69. The average Bonchev–Trinajstić information content (AvgIpc) is 2.63. The van der Waals surface area contributed by atoms with E-state index in [9.17, 15) is 14.4 Å². The number of para-hydroxylation sites is 2. The number of ether oxygens (including phenoxy) is 2. The molecule has 2 N–H and O–H groups in total. The lowest BCUT2D eigenvalue weighted by Gasteiger charge is -2.34. The van der Waals surface area contributed by atoms with Crippen LogP contribution >= 0.6 is 0 Å². The molecule has 0 radical (unpaired) electrons. The molecule has 0 aliphatic carbocycles. The predicted molar refractivity (Wildman–Crippen MR) is 105 cm³/mol. The lowest BCUT2D eigenvalue weighted by Crippen LogP contribution is -2.51. The van der Waals surface area contributed by atoms with Gasteiger partial charge in [-0.1, -0.05) is 19.1 Å². The maximum Gasteiger partial charge on any atom is 0.407 e. The summed E-state index contributed by atoms with van der Waals surface area (Å²) in [6.07, 6.45) is -0.450. The van der Waals surface area contributed by atoms with E-state index in [0.29, 0.717) is 18.0 Å². The largest absolute Gasteiger partial charge is 0.477 e. The van der Waals surface area contributed by atoms with Gasteiger partial charge in [0.2, 0.25) is 5.91 Å². The Morgan fingerprint density at radius 3 is 2.57 bits per heavy atom. The summed E-state index contributed by atoms with van der Waals surface area (Å²) in [5.74, 6) is 0.0278. The van der Waals surface area contributed by atoms with Crippen molar-refractivity contribution in [3.8, 4) is 5.75 Å². The number of alkyl carbamates (subject to hydrolysis) is 1. The number of amides is 3. The molecule has 8 nitrogen and oxygen atoms in total. The zero-order chi connectivity index (χ0) is 20.7. The number of rotatable bonds is 6. The molecule has 154 valence electrons. The smallest absolute Gasteiger partial charge is 0.407 e. The number of benzene rings is 1. The maximum atomic E-state index is 12.8. The molecule has 3 amide bonds. The number of carbonyl (C=O) groups excluding carboxylic acids is 3. The Morgan fingerprint density at radius 2 is 1.89 bits per heavy atom. The lowest BCUT2D eigenvalue weighted by atomic mass is 10.1. The van der Waals surface area contributed by atoms with Gasteiger partial charge in [0.1, 0.15) is 11.4 Å². The van der Waals surface area contributed by atoms with Gasteiger partial charge in [-0.25, -0.2) is 4.79 Å². The molecule has 2 rings (SSSR count). The molecular weight excluding hydrogens is 362 g/mol. The number of hydrogen-bond acceptors (Lipinski definition) is 5. The molecule has 1 aromatic rings. The third-order valence-electron chi connectivity index (χ3n) is 3.92. The highest BCUT2D eigenvalue weighted by Gasteiger charge is 2.33. The summed E-state index contributed by atoms with van der Waals surface area (Å²) in [4.78, 5) is 38.3. The molecule has 0 saturated heterocycles. The minimum Gasteiger partial charge on any atom is -0.477 e. The van der Waals surface area contributed by atoms with E-state index in [-0.39, 0.29) is 31.3 Å². The molecule has 0 fully saturated rings. The quantitative estimate of drug-likeness (QED) is 0.775. The highest BCUT2D eigenvalue weighted by atomic mass is 16.6. The molecule has 1 aliphatic rings. The van der Waals surface area contributed by atoms with Crippen LogP contribution in [0.15, 0.2) is 24.3 Å². The summed E-state index contributed by atoms with van der Waals surface area (Å²) in [7, 11) is 0. The van der Waals surface area contributed by atoms with E-state index in [4.69, 9.17) is 9.47 Å². The van der Waals surface area contributed by atoms with Crippen molar-refractivity contribution in [1.82, 2.24) is 10.6 Å². The molecule has 1 aromatic carbocycles. The first-order chi connectivity index (χ1) is 13.2. The van der Waals surface area contributed by atoms with Crippen LogP contribution in [0.4, 0.5) is 10.5 Å². The van der Waals surface area contributed by atoms with Crippen molar-refractivity contribution in [2.45, 2.75) is 52.2 Å². The summed E-state index contributed by atoms with van der Waals surface area (Å²) in [5.41, 5.74) is 0.0142. The Balaban J connectivity index is 2.00. The van der Waals surface area contributed by atoms with Crippen molar-refractivity contribution >= 4 is 23.6 Å². The summed E-state index contributed by atoms with van der Waals surface area (Å²) >= 11 is 0. The van der Waals surface area contributed by atoms with E-state index >= 15 is 0 Å². The van der Waals surface area contributed by atoms with Gasteiger partial charge in [-0.15, -0.1) is 0 Å². The number of hydrogen-bond donors (Lipinski definition) is 2. The second-order valence-corrected chi connectivity index (χ2v) is 7.55.